The standard InChI is InChI=1S/C21H22F3NO2/c1-27-20(26)12-16-11-19(17-7-9-18(10-8-17)21(22,23)24)25(14-16)13-15-5-3-2-4-6-15/h2-10,16,19H,11-14H2,1H3. The summed E-state index contributed by atoms with van der Waals surface area (Å²) in [5, 5.41) is 0. The highest BCUT2D eigenvalue weighted by Gasteiger charge is 2.35. The lowest BCUT2D eigenvalue weighted by molar-refractivity contribution is -0.141. The maximum absolute atomic E-state index is 12.8. The number of carbonyl (C=O) groups excluding carboxylic acids is 1. The van der Waals surface area contributed by atoms with Gasteiger partial charge in [0, 0.05) is 25.6 Å². The lowest BCUT2D eigenvalue weighted by Crippen LogP contribution is -2.24. The van der Waals surface area contributed by atoms with Gasteiger partial charge >= 0.3 is 12.1 Å². The zero-order valence-electron chi connectivity index (χ0n) is 15.1. The molecule has 1 fully saturated rings. The average Bonchev–Trinajstić information content (AvgIpc) is 3.04. The Labute approximate surface area is 156 Å². The third kappa shape index (κ3) is 4.89. The second kappa shape index (κ2) is 8.13. The molecular formula is C21H22F3NO2. The fraction of sp³-hybridized carbons (Fsp3) is 0.381. The van der Waals surface area contributed by atoms with E-state index in [0.29, 0.717) is 25.9 Å². The molecule has 1 heterocycles. The number of nitrogens with zero attached hydrogens (tertiary/aromatic N) is 1. The van der Waals surface area contributed by atoms with E-state index in [1.54, 1.807) is 12.1 Å². The Morgan fingerprint density at radius 2 is 1.78 bits per heavy atom. The summed E-state index contributed by atoms with van der Waals surface area (Å²) in [4.78, 5) is 13.9. The fourth-order valence-corrected chi connectivity index (χ4v) is 3.70. The number of alkyl halides is 3. The summed E-state index contributed by atoms with van der Waals surface area (Å²) < 4.78 is 43.3. The molecule has 2 aromatic rings. The predicted octanol–water partition coefficient (Wildman–Crippen LogP) is 4.83. The van der Waals surface area contributed by atoms with E-state index in [-0.39, 0.29) is 17.9 Å². The number of benzene rings is 2. The van der Waals surface area contributed by atoms with Gasteiger partial charge in [-0.05, 0) is 35.6 Å². The summed E-state index contributed by atoms with van der Waals surface area (Å²) in [5.41, 5.74) is 1.32. The summed E-state index contributed by atoms with van der Waals surface area (Å²) >= 11 is 0. The first kappa shape index (κ1) is 19.4. The van der Waals surface area contributed by atoms with Gasteiger partial charge in [0.25, 0.3) is 0 Å². The number of carbonyl (C=O) groups is 1. The van der Waals surface area contributed by atoms with Gasteiger partial charge in [-0.2, -0.15) is 13.2 Å². The summed E-state index contributed by atoms with van der Waals surface area (Å²) in [6, 6.07) is 15.2. The van der Waals surface area contributed by atoms with Crippen LogP contribution >= 0.6 is 0 Å². The first-order chi connectivity index (χ1) is 12.9. The normalized spacial score (nSPS) is 20.6. The van der Waals surface area contributed by atoms with E-state index in [4.69, 9.17) is 4.74 Å². The number of hydrogen-bond donors (Lipinski definition) is 0. The van der Waals surface area contributed by atoms with Gasteiger partial charge in [-0.15, -0.1) is 0 Å². The number of ether oxygens (including phenoxy) is 1. The number of likely N-dealkylation sites (tertiary alicyclic amines) is 1. The second-order valence-corrected chi connectivity index (χ2v) is 6.93. The van der Waals surface area contributed by atoms with E-state index < -0.39 is 11.7 Å². The Bertz CT molecular complexity index is 759. The molecule has 2 unspecified atom stereocenters. The number of halogens is 3. The molecule has 2 atom stereocenters. The number of hydrogen-bond acceptors (Lipinski definition) is 3. The molecule has 0 aromatic heterocycles. The maximum atomic E-state index is 12.8. The molecule has 0 N–H and O–H groups in total. The van der Waals surface area contributed by atoms with Crippen molar-refractivity contribution in [1.29, 1.82) is 0 Å². The smallest absolute Gasteiger partial charge is 0.416 e. The van der Waals surface area contributed by atoms with Crippen LogP contribution in [0.2, 0.25) is 0 Å². The van der Waals surface area contributed by atoms with Gasteiger partial charge in [0.05, 0.1) is 12.7 Å². The molecule has 0 radical (unpaired) electrons. The third-order valence-electron chi connectivity index (χ3n) is 5.02. The van der Waals surface area contributed by atoms with Gasteiger partial charge in [-0.3, -0.25) is 9.69 Å². The third-order valence-corrected chi connectivity index (χ3v) is 5.02. The highest BCUT2D eigenvalue weighted by molar-refractivity contribution is 5.69. The Kier molecular flexibility index (Phi) is 5.85. The monoisotopic (exact) mass is 377 g/mol. The summed E-state index contributed by atoms with van der Waals surface area (Å²) in [6.07, 6.45) is -3.31. The Hall–Kier alpha value is -2.34. The Morgan fingerprint density at radius 1 is 1.11 bits per heavy atom. The molecule has 27 heavy (non-hydrogen) atoms. The number of rotatable bonds is 5. The predicted molar refractivity (Wildman–Crippen MR) is 95.8 cm³/mol. The van der Waals surface area contributed by atoms with Crippen LogP contribution in [0.1, 0.15) is 35.6 Å². The van der Waals surface area contributed by atoms with Crippen LogP contribution in [0.25, 0.3) is 0 Å². The zero-order chi connectivity index (χ0) is 19.4. The van der Waals surface area contributed by atoms with E-state index in [9.17, 15) is 18.0 Å². The van der Waals surface area contributed by atoms with Gasteiger partial charge in [0.2, 0.25) is 0 Å². The minimum Gasteiger partial charge on any atom is -0.469 e. The van der Waals surface area contributed by atoms with Crippen molar-refractivity contribution in [3.8, 4) is 0 Å². The van der Waals surface area contributed by atoms with Crippen molar-refractivity contribution in [2.75, 3.05) is 13.7 Å². The molecule has 0 spiro atoms. The molecule has 1 aliphatic heterocycles. The maximum Gasteiger partial charge on any atom is 0.416 e. The molecule has 0 bridgehead atoms. The van der Waals surface area contributed by atoms with Crippen LogP contribution in [0.15, 0.2) is 54.6 Å². The van der Waals surface area contributed by atoms with E-state index in [1.807, 2.05) is 30.3 Å². The number of methoxy groups -OCH3 is 1. The molecular weight excluding hydrogens is 355 g/mol. The van der Waals surface area contributed by atoms with Crippen molar-refractivity contribution in [1.82, 2.24) is 4.90 Å². The SMILES string of the molecule is COC(=O)CC1CC(c2ccc(C(F)(F)F)cc2)N(Cc2ccccc2)C1. The molecule has 0 saturated carbocycles. The van der Waals surface area contributed by atoms with Crippen LogP contribution in [0.4, 0.5) is 13.2 Å². The van der Waals surface area contributed by atoms with Gasteiger partial charge < -0.3 is 4.74 Å². The molecule has 0 amide bonds. The summed E-state index contributed by atoms with van der Waals surface area (Å²) in [7, 11) is 1.37. The van der Waals surface area contributed by atoms with Crippen molar-refractivity contribution in [3.05, 3.63) is 71.3 Å². The lowest BCUT2D eigenvalue weighted by atomic mass is 9.97. The van der Waals surface area contributed by atoms with E-state index >= 15 is 0 Å². The minimum atomic E-state index is -4.34. The van der Waals surface area contributed by atoms with Gasteiger partial charge in [0.1, 0.15) is 0 Å². The van der Waals surface area contributed by atoms with E-state index in [2.05, 4.69) is 4.90 Å². The molecule has 6 heteroatoms. The molecule has 144 valence electrons. The highest BCUT2D eigenvalue weighted by Crippen LogP contribution is 2.39. The van der Waals surface area contributed by atoms with Crippen LogP contribution in [0.3, 0.4) is 0 Å². The molecule has 2 aromatic carbocycles. The molecule has 1 saturated heterocycles. The van der Waals surface area contributed by atoms with Crippen LogP contribution in [-0.4, -0.2) is 24.5 Å². The summed E-state index contributed by atoms with van der Waals surface area (Å²) in [6.45, 7) is 1.39. The minimum absolute atomic E-state index is 0.0258. The van der Waals surface area contributed by atoms with E-state index in [1.165, 1.54) is 7.11 Å². The van der Waals surface area contributed by atoms with Gasteiger partial charge in [-0.1, -0.05) is 42.5 Å². The van der Waals surface area contributed by atoms with Crippen molar-refractivity contribution < 1.29 is 22.7 Å². The van der Waals surface area contributed by atoms with Crippen LogP contribution in [0.5, 0.6) is 0 Å². The van der Waals surface area contributed by atoms with Crippen LogP contribution in [0, 0.1) is 5.92 Å². The topological polar surface area (TPSA) is 29.5 Å². The van der Waals surface area contributed by atoms with E-state index in [0.717, 1.165) is 23.3 Å². The Morgan fingerprint density at radius 3 is 2.37 bits per heavy atom. The van der Waals surface area contributed by atoms with Crippen molar-refractivity contribution in [2.24, 2.45) is 5.92 Å². The average molecular weight is 377 g/mol. The first-order valence-electron chi connectivity index (χ1n) is 8.88. The fourth-order valence-electron chi connectivity index (χ4n) is 3.70. The molecule has 3 nitrogen and oxygen atoms in total. The zero-order valence-corrected chi connectivity index (χ0v) is 15.1. The largest absolute Gasteiger partial charge is 0.469 e. The highest BCUT2D eigenvalue weighted by atomic mass is 19.4. The van der Waals surface area contributed by atoms with Crippen molar-refractivity contribution in [3.63, 3.8) is 0 Å². The van der Waals surface area contributed by atoms with Crippen molar-refractivity contribution >= 4 is 5.97 Å². The first-order valence-corrected chi connectivity index (χ1v) is 8.88. The number of esters is 1. The van der Waals surface area contributed by atoms with Gasteiger partial charge in [-0.25, -0.2) is 0 Å². The van der Waals surface area contributed by atoms with Crippen molar-refractivity contribution in [2.45, 2.75) is 31.6 Å². The molecule has 0 aliphatic carbocycles. The lowest BCUT2D eigenvalue weighted by Gasteiger charge is -2.25. The quantitative estimate of drug-likeness (QED) is 0.699. The van der Waals surface area contributed by atoms with Crippen LogP contribution in [-0.2, 0) is 22.3 Å². The van der Waals surface area contributed by atoms with Crippen LogP contribution < -0.4 is 0 Å². The Balaban J connectivity index is 1.81. The summed E-state index contributed by atoms with van der Waals surface area (Å²) in [5.74, 6) is -0.138. The van der Waals surface area contributed by atoms with Gasteiger partial charge in [0.15, 0.2) is 0 Å². The molecule has 3 rings (SSSR count). The second-order valence-electron chi connectivity index (χ2n) is 6.93. The molecule has 1 aliphatic rings.